The van der Waals surface area contributed by atoms with Crippen LogP contribution >= 0.6 is 0 Å². The first kappa shape index (κ1) is 22.3. The fourth-order valence-electron chi connectivity index (χ4n) is 5.93. The summed E-state index contributed by atoms with van der Waals surface area (Å²) in [4.78, 5) is 45.2. The van der Waals surface area contributed by atoms with E-state index >= 15 is 0 Å². The van der Waals surface area contributed by atoms with Gasteiger partial charge in [-0.15, -0.1) is 0 Å². The molecule has 184 valence electrons. The summed E-state index contributed by atoms with van der Waals surface area (Å²) in [7, 11) is 0. The van der Waals surface area contributed by atoms with Crippen molar-refractivity contribution in [3.8, 4) is 5.75 Å². The first-order valence-corrected chi connectivity index (χ1v) is 12.6. The maximum atomic E-state index is 13.0. The molecule has 0 spiro atoms. The highest BCUT2D eigenvalue weighted by molar-refractivity contribution is 6.05. The van der Waals surface area contributed by atoms with Gasteiger partial charge in [0.25, 0.3) is 5.91 Å². The molecule has 35 heavy (non-hydrogen) atoms. The van der Waals surface area contributed by atoms with Gasteiger partial charge in [-0.1, -0.05) is 6.42 Å². The Labute approximate surface area is 203 Å². The second kappa shape index (κ2) is 8.78. The molecule has 3 fully saturated rings. The van der Waals surface area contributed by atoms with Gasteiger partial charge in [0.2, 0.25) is 11.8 Å². The van der Waals surface area contributed by atoms with Gasteiger partial charge >= 0.3 is 0 Å². The van der Waals surface area contributed by atoms with Crippen molar-refractivity contribution in [2.45, 2.75) is 76.1 Å². The van der Waals surface area contributed by atoms with Gasteiger partial charge < -0.3 is 14.1 Å². The molecule has 1 unspecified atom stereocenters. The van der Waals surface area contributed by atoms with E-state index in [4.69, 9.17) is 9.15 Å². The first-order chi connectivity index (χ1) is 17.0. The number of amides is 3. The number of carbonyl (C=O) groups excluding carboxylic acids is 3. The standard InChI is InChI=1S/C26H30N4O5/c1-15-11-27-25(34-15)17-12-29(13-17)20-4-2-3-5-22(20)35-18-6-7-19-16(10-18)14-30(26(19)33)21-8-9-23(31)28-24(21)32/h6-7,10-11,17,20-22H,2-5,8-9,12-14H2,1H3,(H,28,31,32)/t20-,21?,22+/m1/s1. The highest BCUT2D eigenvalue weighted by Crippen LogP contribution is 2.36. The lowest BCUT2D eigenvalue weighted by Gasteiger charge is -2.47. The molecule has 2 saturated heterocycles. The highest BCUT2D eigenvalue weighted by atomic mass is 16.5. The third-order valence-corrected chi connectivity index (χ3v) is 7.82. The maximum Gasteiger partial charge on any atom is 0.255 e. The molecule has 4 heterocycles. The minimum atomic E-state index is -0.605. The molecule has 3 amide bonds. The van der Waals surface area contributed by atoms with Crippen LogP contribution in [0.15, 0.2) is 28.8 Å². The zero-order valence-electron chi connectivity index (χ0n) is 19.9. The highest BCUT2D eigenvalue weighted by Gasteiger charge is 2.42. The molecular formula is C26H30N4O5. The van der Waals surface area contributed by atoms with Crippen LogP contribution in [-0.4, -0.2) is 63.8 Å². The largest absolute Gasteiger partial charge is 0.489 e. The van der Waals surface area contributed by atoms with E-state index in [0.29, 0.717) is 30.5 Å². The van der Waals surface area contributed by atoms with Gasteiger partial charge in [0.15, 0.2) is 5.89 Å². The molecule has 9 nitrogen and oxygen atoms in total. The molecular weight excluding hydrogens is 448 g/mol. The molecule has 0 bridgehead atoms. The number of piperidine rings is 1. The Bertz CT molecular complexity index is 1170. The van der Waals surface area contributed by atoms with Gasteiger partial charge in [0.05, 0.1) is 12.1 Å². The number of fused-ring (bicyclic) bond motifs is 1. The molecule has 0 radical (unpaired) electrons. The number of likely N-dealkylation sites (tertiary alicyclic amines) is 1. The van der Waals surface area contributed by atoms with Crippen LogP contribution in [0.5, 0.6) is 5.75 Å². The fraction of sp³-hybridized carbons (Fsp3) is 0.538. The average molecular weight is 479 g/mol. The number of benzene rings is 1. The van der Waals surface area contributed by atoms with E-state index in [-0.39, 0.29) is 24.3 Å². The second-order valence-electron chi connectivity index (χ2n) is 10.2. The fourth-order valence-corrected chi connectivity index (χ4v) is 5.93. The quantitative estimate of drug-likeness (QED) is 0.659. The summed E-state index contributed by atoms with van der Waals surface area (Å²) in [6.07, 6.45) is 6.94. The van der Waals surface area contributed by atoms with Crippen LogP contribution in [0.25, 0.3) is 0 Å². The van der Waals surface area contributed by atoms with Crippen LogP contribution in [0.1, 0.15) is 72.0 Å². The van der Waals surface area contributed by atoms with E-state index < -0.39 is 11.9 Å². The predicted octanol–water partition coefficient (Wildman–Crippen LogP) is 2.53. The smallest absolute Gasteiger partial charge is 0.255 e. The van der Waals surface area contributed by atoms with E-state index in [9.17, 15) is 14.4 Å². The Morgan fingerprint density at radius 1 is 1.11 bits per heavy atom. The van der Waals surface area contributed by atoms with Crippen LogP contribution in [0.2, 0.25) is 0 Å². The van der Waals surface area contributed by atoms with Gasteiger partial charge in [0.1, 0.15) is 23.7 Å². The number of ether oxygens (including phenoxy) is 1. The van der Waals surface area contributed by atoms with Crippen molar-refractivity contribution in [1.29, 1.82) is 0 Å². The topological polar surface area (TPSA) is 105 Å². The van der Waals surface area contributed by atoms with Crippen LogP contribution in [0.3, 0.4) is 0 Å². The van der Waals surface area contributed by atoms with Gasteiger partial charge in [-0.05, 0) is 56.4 Å². The van der Waals surface area contributed by atoms with Crippen LogP contribution in [-0.2, 0) is 16.1 Å². The second-order valence-corrected chi connectivity index (χ2v) is 10.2. The van der Waals surface area contributed by atoms with E-state index in [0.717, 1.165) is 55.3 Å². The Morgan fingerprint density at radius 2 is 1.94 bits per heavy atom. The molecule has 4 aliphatic rings. The number of oxazole rings is 1. The summed E-state index contributed by atoms with van der Waals surface area (Å²) in [6.45, 7) is 4.15. The number of hydrogen-bond acceptors (Lipinski definition) is 7. The molecule has 2 aromatic rings. The summed E-state index contributed by atoms with van der Waals surface area (Å²) in [6, 6.07) is 5.36. The summed E-state index contributed by atoms with van der Waals surface area (Å²) in [5.41, 5.74) is 1.47. The number of rotatable bonds is 5. The molecule has 1 saturated carbocycles. The molecule has 1 aliphatic carbocycles. The molecule has 1 aromatic heterocycles. The molecule has 3 aliphatic heterocycles. The number of imide groups is 1. The molecule has 3 atom stereocenters. The van der Waals surface area contributed by atoms with Crippen molar-refractivity contribution >= 4 is 17.7 Å². The predicted molar refractivity (Wildman–Crippen MR) is 125 cm³/mol. The van der Waals surface area contributed by atoms with Gasteiger partial charge in [-0.3, -0.25) is 24.6 Å². The van der Waals surface area contributed by atoms with Crippen molar-refractivity contribution in [1.82, 2.24) is 20.1 Å². The summed E-state index contributed by atoms with van der Waals surface area (Å²) >= 11 is 0. The zero-order chi connectivity index (χ0) is 24.1. The molecule has 1 aromatic carbocycles. The van der Waals surface area contributed by atoms with Crippen molar-refractivity contribution in [3.05, 3.63) is 47.2 Å². The lowest BCUT2D eigenvalue weighted by Crippen LogP contribution is -2.57. The molecule has 9 heteroatoms. The van der Waals surface area contributed by atoms with Crippen molar-refractivity contribution in [3.63, 3.8) is 0 Å². The number of aromatic nitrogens is 1. The average Bonchev–Trinajstić information content (AvgIpc) is 3.37. The van der Waals surface area contributed by atoms with E-state index in [2.05, 4.69) is 15.2 Å². The lowest BCUT2D eigenvalue weighted by atomic mass is 9.86. The van der Waals surface area contributed by atoms with Crippen LogP contribution in [0, 0.1) is 6.92 Å². The van der Waals surface area contributed by atoms with Crippen LogP contribution < -0.4 is 10.1 Å². The van der Waals surface area contributed by atoms with Crippen molar-refractivity contribution in [2.24, 2.45) is 0 Å². The van der Waals surface area contributed by atoms with Crippen LogP contribution in [0.4, 0.5) is 0 Å². The number of hydrogen-bond donors (Lipinski definition) is 1. The lowest BCUT2D eigenvalue weighted by molar-refractivity contribution is -0.136. The minimum Gasteiger partial charge on any atom is -0.489 e. The first-order valence-electron chi connectivity index (χ1n) is 12.6. The Balaban J connectivity index is 1.12. The molecule has 1 N–H and O–H groups in total. The Hall–Kier alpha value is -3.20. The van der Waals surface area contributed by atoms with E-state index in [1.165, 1.54) is 6.42 Å². The maximum absolute atomic E-state index is 13.0. The van der Waals surface area contributed by atoms with Crippen molar-refractivity contribution in [2.75, 3.05) is 13.1 Å². The monoisotopic (exact) mass is 478 g/mol. The number of carbonyl (C=O) groups is 3. The summed E-state index contributed by atoms with van der Waals surface area (Å²) in [5, 5.41) is 2.35. The SMILES string of the molecule is Cc1cnc(C2CN([C@@H]3CCCC[C@@H]3Oc3ccc4c(c3)CN(C3CCC(=O)NC3=O)C4=O)C2)o1. The van der Waals surface area contributed by atoms with Gasteiger partial charge in [-0.2, -0.15) is 0 Å². The van der Waals surface area contributed by atoms with E-state index in [1.54, 1.807) is 17.2 Å². The zero-order valence-corrected chi connectivity index (χ0v) is 19.9. The number of aryl methyl sites for hydroxylation is 1. The number of nitrogens with zero attached hydrogens (tertiary/aromatic N) is 3. The Morgan fingerprint density at radius 3 is 2.71 bits per heavy atom. The summed E-state index contributed by atoms with van der Waals surface area (Å²) in [5.74, 6) is 1.95. The third kappa shape index (κ3) is 4.11. The van der Waals surface area contributed by atoms with E-state index in [1.807, 2.05) is 19.1 Å². The van der Waals surface area contributed by atoms with Crippen molar-refractivity contribution < 1.29 is 23.5 Å². The summed E-state index contributed by atoms with van der Waals surface area (Å²) < 4.78 is 12.2. The Kier molecular flexibility index (Phi) is 5.59. The normalized spacial score (nSPS) is 27.5. The van der Waals surface area contributed by atoms with Gasteiger partial charge in [-0.25, -0.2) is 4.98 Å². The van der Waals surface area contributed by atoms with Gasteiger partial charge in [0, 0.05) is 37.7 Å². The minimum absolute atomic E-state index is 0.0948. The number of nitrogens with one attached hydrogen (secondary N) is 1. The third-order valence-electron chi connectivity index (χ3n) is 7.82. The molecule has 6 rings (SSSR count).